The highest BCUT2D eigenvalue weighted by Gasteiger charge is 2.30. The number of amides is 1. The highest BCUT2D eigenvalue weighted by Crippen LogP contribution is 2.29. The molecule has 1 heterocycles. The topological polar surface area (TPSA) is 82.3 Å². The summed E-state index contributed by atoms with van der Waals surface area (Å²) in [6.07, 6.45) is 3.48. The molecular formula is C17H24N2O4. The monoisotopic (exact) mass is 320 g/mol. The van der Waals surface area contributed by atoms with E-state index in [0.717, 1.165) is 12.8 Å². The maximum Gasteiger partial charge on any atom is 0.405 e. The predicted octanol–water partition coefficient (Wildman–Crippen LogP) is 1.81. The van der Waals surface area contributed by atoms with Gasteiger partial charge in [0.05, 0.1) is 0 Å². The zero-order valence-electron chi connectivity index (χ0n) is 13.8. The summed E-state index contributed by atoms with van der Waals surface area (Å²) >= 11 is 0. The SMILES string of the molecule is C[C@@H]1[C@H](C)CCC[C@@H]1NC(=O)[C@@H](C)OC(=O)c1cccc[n+]1[O-]. The quantitative estimate of drug-likeness (QED) is 0.521. The fourth-order valence-electron chi connectivity index (χ4n) is 2.95. The first-order chi connectivity index (χ1) is 10.9. The molecule has 1 aliphatic carbocycles. The lowest BCUT2D eigenvalue weighted by Gasteiger charge is -2.35. The van der Waals surface area contributed by atoms with Crippen LogP contribution in [-0.4, -0.2) is 24.0 Å². The highest BCUT2D eigenvalue weighted by molar-refractivity contribution is 5.89. The van der Waals surface area contributed by atoms with Gasteiger partial charge in [0, 0.05) is 18.2 Å². The molecule has 0 radical (unpaired) electrons. The molecule has 1 saturated carbocycles. The molecule has 1 fully saturated rings. The minimum atomic E-state index is -0.938. The van der Waals surface area contributed by atoms with Crippen molar-refractivity contribution in [3.63, 3.8) is 0 Å². The molecule has 1 aromatic heterocycles. The fraction of sp³-hybridized carbons (Fsp3) is 0.588. The molecule has 4 atom stereocenters. The van der Waals surface area contributed by atoms with Crippen LogP contribution < -0.4 is 10.0 Å². The zero-order valence-corrected chi connectivity index (χ0v) is 13.8. The Morgan fingerprint density at radius 1 is 1.35 bits per heavy atom. The number of esters is 1. The van der Waals surface area contributed by atoms with Crippen LogP contribution in [-0.2, 0) is 9.53 Å². The Labute approximate surface area is 136 Å². The van der Waals surface area contributed by atoms with Crippen molar-refractivity contribution in [3.8, 4) is 0 Å². The van der Waals surface area contributed by atoms with E-state index in [-0.39, 0.29) is 17.6 Å². The van der Waals surface area contributed by atoms with Gasteiger partial charge in [-0.3, -0.25) is 4.79 Å². The molecule has 0 aliphatic heterocycles. The average molecular weight is 320 g/mol. The molecule has 0 unspecified atom stereocenters. The third kappa shape index (κ3) is 4.21. The minimum Gasteiger partial charge on any atom is -0.618 e. The molecule has 0 bridgehead atoms. The minimum absolute atomic E-state index is 0.105. The van der Waals surface area contributed by atoms with E-state index >= 15 is 0 Å². The van der Waals surface area contributed by atoms with Gasteiger partial charge in [-0.05, 0) is 31.2 Å². The van der Waals surface area contributed by atoms with Crippen molar-refractivity contribution in [2.45, 2.75) is 52.2 Å². The first-order valence-electron chi connectivity index (χ1n) is 8.09. The van der Waals surface area contributed by atoms with Crippen LogP contribution in [0.4, 0.5) is 0 Å². The number of pyridine rings is 1. The van der Waals surface area contributed by atoms with Crippen LogP contribution in [0.3, 0.4) is 0 Å². The van der Waals surface area contributed by atoms with Crippen molar-refractivity contribution in [1.82, 2.24) is 5.32 Å². The Morgan fingerprint density at radius 3 is 2.78 bits per heavy atom. The van der Waals surface area contributed by atoms with Gasteiger partial charge in [0.15, 0.2) is 12.3 Å². The van der Waals surface area contributed by atoms with Gasteiger partial charge in [-0.1, -0.05) is 26.7 Å². The van der Waals surface area contributed by atoms with Crippen LogP contribution in [0.2, 0.25) is 0 Å². The van der Waals surface area contributed by atoms with Gasteiger partial charge in [-0.15, -0.1) is 0 Å². The highest BCUT2D eigenvalue weighted by atomic mass is 16.6. The van der Waals surface area contributed by atoms with Gasteiger partial charge in [-0.2, -0.15) is 4.73 Å². The van der Waals surface area contributed by atoms with Gasteiger partial charge < -0.3 is 15.3 Å². The van der Waals surface area contributed by atoms with Crippen molar-refractivity contribution in [1.29, 1.82) is 0 Å². The summed E-state index contributed by atoms with van der Waals surface area (Å²) in [7, 11) is 0. The molecule has 6 nitrogen and oxygen atoms in total. The van der Waals surface area contributed by atoms with Crippen LogP contribution in [0, 0.1) is 17.0 Å². The normalized spacial score (nSPS) is 25.4. The number of hydrogen-bond donors (Lipinski definition) is 1. The van der Waals surface area contributed by atoms with Crippen LogP contribution >= 0.6 is 0 Å². The summed E-state index contributed by atoms with van der Waals surface area (Å²) in [4.78, 5) is 24.2. The second-order valence-corrected chi connectivity index (χ2v) is 6.34. The van der Waals surface area contributed by atoms with Gasteiger partial charge in [0.25, 0.3) is 5.91 Å². The van der Waals surface area contributed by atoms with Crippen molar-refractivity contribution >= 4 is 11.9 Å². The van der Waals surface area contributed by atoms with Crippen molar-refractivity contribution < 1.29 is 19.1 Å². The number of nitrogens with one attached hydrogen (secondary N) is 1. The molecule has 0 saturated heterocycles. The Hall–Kier alpha value is -2.11. The zero-order chi connectivity index (χ0) is 17.0. The number of carbonyl (C=O) groups excluding carboxylic acids is 2. The number of nitrogens with zero attached hydrogens (tertiary/aromatic N) is 1. The maximum absolute atomic E-state index is 12.2. The first-order valence-corrected chi connectivity index (χ1v) is 8.09. The summed E-state index contributed by atoms with van der Waals surface area (Å²) in [6, 6.07) is 4.56. The number of carbonyl (C=O) groups is 2. The summed E-state index contributed by atoms with van der Waals surface area (Å²) in [5.74, 6) is -0.157. The van der Waals surface area contributed by atoms with Gasteiger partial charge in [0.2, 0.25) is 0 Å². The van der Waals surface area contributed by atoms with Gasteiger partial charge in [-0.25, -0.2) is 4.79 Å². The molecule has 6 heteroatoms. The number of rotatable bonds is 4. The standard InChI is InChI=1S/C17H24N2O4/c1-11-7-6-8-14(12(11)2)18-16(20)13(3)23-17(21)15-9-4-5-10-19(15)22/h4-5,9-14H,6-8H2,1-3H3,(H,18,20)/t11-,12-,13-,14+/m1/s1. The third-order valence-electron chi connectivity index (χ3n) is 4.72. The van der Waals surface area contributed by atoms with E-state index in [9.17, 15) is 14.8 Å². The number of hydrogen-bond acceptors (Lipinski definition) is 4. The first kappa shape index (κ1) is 17.2. The molecule has 0 aromatic carbocycles. The molecule has 0 spiro atoms. The lowest BCUT2D eigenvalue weighted by Crippen LogP contribution is -2.48. The number of aromatic nitrogens is 1. The Morgan fingerprint density at radius 2 is 2.09 bits per heavy atom. The van der Waals surface area contributed by atoms with Crippen LogP contribution in [0.5, 0.6) is 0 Å². The van der Waals surface area contributed by atoms with E-state index in [2.05, 4.69) is 19.2 Å². The molecule has 1 aliphatic rings. The molecule has 126 valence electrons. The molecule has 23 heavy (non-hydrogen) atoms. The smallest absolute Gasteiger partial charge is 0.405 e. The van der Waals surface area contributed by atoms with E-state index in [1.165, 1.54) is 31.7 Å². The summed E-state index contributed by atoms with van der Waals surface area (Å²) in [5, 5.41) is 14.5. The predicted molar refractivity (Wildman–Crippen MR) is 84.4 cm³/mol. The molecule has 2 rings (SSSR count). The number of ether oxygens (including phenoxy) is 1. The summed E-state index contributed by atoms with van der Waals surface area (Å²) in [5.41, 5.74) is -0.133. The summed E-state index contributed by atoms with van der Waals surface area (Å²) < 4.78 is 5.54. The van der Waals surface area contributed by atoms with E-state index < -0.39 is 12.1 Å². The third-order valence-corrected chi connectivity index (χ3v) is 4.72. The Kier molecular flexibility index (Phi) is 5.58. The van der Waals surface area contributed by atoms with Gasteiger partial charge >= 0.3 is 11.7 Å². The Balaban J connectivity index is 1.92. The largest absolute Gasteiger partial charge is 0.618 e. The fourth-order valence-corrected chi connectivity index (χ4v) is 2.95. The van der Waals surface area contributed by atoms with E-state index in [1.54, 1.807) is 6.07 Å². The average Bonchev–Trinajstić information content (AvgIpc) is 2.52. The van der Waals surface area contributed by atoms with Crippen LogP contribution in [0.15, 0.2) is 24.4 Å². The van der Waals surface area contributed by atoms with E-state index in [0.29, 0.717) is 16.6 Å². The van der Waals surface area contributed by atoms with Crippen LogP contribution in [0.25, 0.3) is 0 Å². The maximum atomic E-state index is 12.2. The lowest BCUT2D eigenvalue weighted by atomic mass is 9.78. The van der Waals surface area contributed by atoms with E-state index in [4.69, 9.17) is 4.74 Å². The van der Waals surface area contributed by atoms with Crippen molar-refractivity contribution in [2.24, 2.45) is 11.8 Å². The molecule has 1 amide bonds. The van der Waals surface area contributed by atoms with E-state index in [1.807, 2.05) is 0 Å². The van der Waals surface area contributed by atoms with Crippen molar-refractivity contribution in [3.05, 3.63) is 35.3 Å². The molecule has 1 aromatic rings. The second kappa shape index (κ2) is 7.44. The van der Waals surface area contributed by atoms with Crippen molar-refractivity contribution in [2.75, 3.05) is 0 Å². The van der Waals surface area contributed by atoms with Crippen LogP contribution in [0.1, 0.15) is 50.5 Å². The summed E-state index contributed by atoms with van der Waals surface area (Å²) in [6.45, 7) is 5.84. The molecule has 1 N–H and O–H groups in total. The lowest BCUT2D eigenvalue weighted by molar-refractivity contribution is -0.608. The molecular weight excluding hydrogens is 296 g/mol. The second-order valence-electron chi connectivity index (χ2n) is 6.34. The Bertz CT molecular complexity index is 575. The van der Waals surface area contributed by atoms with Gasteiger partial charge in [0.1, 0.15) is 0 Å².